The topological polar surface area (TPSA) is 90.7 Å². The number of hydroxylamine groups is 2. The molecule has 2 aromatic heterocycles. The summed E-state index contributed by atoms with van der Waals surface area (Å²) in [7, 11) is 1.65. The molecule has 2 heterocycles. The average molecular weight is 454 g/mol. The molecule has 0 spiro atoms. The van der Waals surface area contributed by atoms with E-state index in [0.717, 1.165) is 0 Å². The molecule has 0 bridgehead atoms. The third-order valence-electron chi connectivity index (χ3n) is 5.25. The zero-order valence-corrected chi connectivity index (χ0v) is 20.2. The Kier molecular flexibility index (Phi) is 6.76. The Morgan fingerprint density at radius 3 is 2.48 bits per heavy atom. The maximum atomic E-state index is 13.0. The highest BCUT2D eigenvalue weighted by molar-refractivity contribution is 6.07. The molecule has 8 nitrogen and oxygen atoms in total. The minimum atomic E-state index is -0.718. The van der Waals surface area contributed by atoms with E-state index in [1.165, 1.54) is 15.8 Å². The Balaban J connectivity index is 2.16. The number of carbonyl (C=O) groups excluding carboxylic acids is 2. The minimum absolute atomic E-state index is 0.169. The van der Waals surface area contributed by atoms with Gasteiger partial charge in [0, 0.05) is 30.9 Å². The summed E-state index contributed by atoms with van der Waals surface area (Å²) >= 11 is 0. The second-order valence-corrected chi connectivity index (χ2v) is 9.69. The molecule has 1 aromatic carbocycles. The second-order valence-electron chi connectivity index (χ2n) is 9.69. The first-order chi connectivity index (χ1) is 15.4. The fourth-order valence-electron chi connectivity index (χ4n) is 3.84. The number of rotatable bonds is 6. The number of nitrogens with zero attached hydrogens (tertiary/aromatic N) is 3. The van der Waals surface area contributed by atoms with E-state index in [0.29, 0.717) is 40.3 Å². The van der Waals surface area contributed by atoms with E-state index >= 15 is 0 Å². The lowest BCUT2D eigenvalue weighted by Crippen LogP contribution is -2.45. The zero-order valence-electron chi connectivity index (χ0n) is 20.2. The van der Waals surface area contributed by atoms with E-state index in [1.807, 2.05) is 20.8 Å². The fraction of sp³-hybridized carbons (Fsp3) is 0.440. The molecule has 0 fully saturated rings. The van der Waals surface area contributed by atoms with Crippen LogP contribution in [0.3, 0.4) is 0 Å². The highest BCUT2D eigenvalue weighted by atomic mass is 16.7. The normalized spacial score (nSPS) is 12.7. The Hall–Kier alpha value is -3.42. The van der Waals surface area contributed by atoms with E-state index in [2.05, 4.69) is 4.98 Å². The molecule has 0 aliphatic rings. The third-order valence-corrected chi connectivity index (χ3v) is 5.25. The van der Waals surface area contributed by atoms with Gasteiger partial charge in [0.05, 0.1) is 22.5 Å². The molecular weight excluding hydrogens is 422 g/mol. The Labute approximate surface area is 193 Å². The lowest BCUT2D eigenvalue weighted by atomic mass is 10.0. The first-order valence-corrected chi connectivity index (χ1v) is 11.0. The van der Waals surface area contributed by atoms with Crippen LogP contribution in [0.15, 0.2) is 35.4 Å². The standard InChI is InChI=1S/C25H31N3O5/c1-15(2)10-16(3)28(24(31)32-25(4,5)6)33-22-12-21-19(11-17(22)14-29)18-8-9-26-13-20(18)23(30)27(21)7/h8-9,11-16H,10H2,1-7H3. The van der Waals surface area contributed by atoms with E-state index in [1.54, 1.807) is 52.2 Å². The number of amides is 1. The van der Waals surface area contributed by atoms with Gasteiger partial charge in [-0.25, -0.2) is 4.79 Å². The maximum Gasteiger partial charge on any atom is 0.443 e. The van der Waals surface area contributed by atoms with Crippen molar-refractivity contribution in [3.63, 3.8) is 0 Å². The summed E-state index contributed by atoms with van der Waals surface area (Å²) in [6, 6.07) is 4.70. The maximum absolute atomic E-state index is 13.0. The minimum Gasteiger partial charge on any atom is -0.442 e. The van der Waals surface area contributed by atoms with Crippen molar-refractivity contribution < 1.29 is 19.2 Å². The SMILES string of the molecule is CC(C)CC(C)N(Oc1cc2c(cc1C=O)c1ccncc1c(=O)n2C)C(=O)OC(C)(C)C. The molecule has 1 atom stereocenters. The molecule has 176 valence electrons. The van der Waals surface area contributed by atoms with Crippen LogP contribution < -0.4 is 10.4 Å². The molecule has 33 heavy (non-hydrogen) atoms. The highest BCUT2D eigenvalue weighted by Crippen LogP contribution is 2.30. The van der Waals surface area contributed by atoms with E-state index in [9.17, 15) is 14.4 Å². The summed E-state index contributed by atoms with van der Waals surface area (Å²) in [6.07, 6.45) is 3.81. The summed E-state index contributed by atoms with van der Waals surface area (Å²) in [4.78, 5) is 47.9. The number of hydrogen-bond donors (Lipinski definition) is 0. The molecule has 0 saturated carbocycles. The molecule has 1 unspecified atom stereocenters. The quantitative estimate of drug-likeness (QED) is 0.301. The summed E-state index contributed by atoms with van der Waals surface area (Å²) in [5, 5.41) is 3.03. The molecule has 3 rings (SSSR count). The first-order valence-electron chi connectivity index (χ1n) is 11.0. The van der Waals surface area contributed by atoms with Gasteiger partial charge in [0.15, 0.2) is 12.0 Å². The van der Waals surface area contributed by atoms with Crippen LogP contribution in [0.2, 0.25) is 0 Å². The molecule has 0 radical (unpaired) electrons. The summed E-state index contributed by atoms with van der Waals surface area (Å²) in [5.41, 5.74) is -0.110. The van der Waals surface area contributed by atoms with E-state index in [4.69, 9.17) is 9.57 Å². The number of pyridine rings is 2. The number of ether oxygens (including phenoxy) is 1. The zero-order chi connectivity index (χ0) is 24.5. The smallest absolute Gasteiger partial charge is 0.442 e. The van der Waals surface area contributed by atoms with Crippen molar-refractivity contribution >= 4 is 34.1 Å². The predicted molar refractivity (Wildman–Crippen MR) is 127 cm³/mol. The first kappa shape index (κ1) is 24.2. The van der Waals surface area contributed by atoms with Crippen molar-refractivity contribution in [3.05, 3.63) is 46.5 Å². The van der Waals surface area contributed by atoms with Crippen LogP contribution in [0.1, 0.15) is 58.3 Å². The molecule has 1 amide bonds. The van der Waals surface area contributed by atoms with Gasteiger partial charge in [0.1, 0.15) is 5.60 Å². The molecular formula is C25H31N3O5. The Morgan fingerprint density at radius 1 is 1.18 bits per heavy atom. The lowest BCUT2D eigenvalue weighted by Gasteiger charge is -2.32. The molecule has 3 aromatic rings. The fourth-order valence-corrected chi connectivity index (χ4v) is 3.84. The van der Waals surface area contributed by atoms with Gasteiger partial charge in [-0.15, -0.1) is 5.06 Å². The number of carbonyl (C=O) groups is 2. The van der Waals surface area contributed by atoms with Crippen molar-refractivity contribution in [2.24, 2.45) is 13.0 Å². The number of fused-ring (bicyclic) bond motifs is 3. The summed E-state index contributed by atoms with van der Waals surface area (Å²) in [5.74, 6) is 0.471. The predicted octanol–water partition coefficient (Wildman–Crippen LogP) is 4.86. The highest BCUT2D eigenvalue weighted by Gasteiger charge is 2.29. The van der Waals surface area contributed by atoms with Crippen molar-refractivity contribution in [2.75, 3.05) is 0 Å². The third kappa shape index (κ3) is 5.16. The molecule has 0 N–H and O–H groups in total. The van der Waals surface area contributed by atoms with Crippen molar-refractivity contribution in [1.82, 2.24) is 14.6 Å². The van der Waals surface area contributed by atoms with Crippen molar-refractivity contribution in [2.45, 2.75) is 59.6 Å². The Morgan fingerprint density at radius 2 is 1.88 bits per heavy atom. The summed E-state index contributed by atoms with van der Waals surface area (Å²) in [6.45, 7) is 11.3. The van der Waals surface area contributed by atoms with Crippen LogP contribution in [0, 0.1) is 5.92 Å². The number of aromatic nitrogens is 2. The molecule has 8 heteroatoms. The average Bonchev–Trinajstić information content (AvgIpc) is 2.73. The number of aryl methyl sites for hydroxylation is 1. The van der Waals surface area contributed by atoms with Gasteiger partial charge in [0.25, 0.3) is 5.56 Å². The van der Waals surface area contributed by atoms with Gasteiger partial charge < -0.3 is 14.1 Å². The second kappa shape index (κ2) is 9.21. The van der Waals surface area contributed by atoms with Gasteiger partial charge in [-0.2, -0.15) is 0 Å². The van der Waals surface area contributed by atoms with E-state index in [-0.39, 0.29) is 22.9 Å². The Bertz CT molecular complexity index is 1260. The van der Waals surface area contributed by atoms with E-state index < -0.39 is 11.7 Å². The van der Waals surface area contributed by atoms with Crippen molar-refractivity contribution in [3.8, 4) is 5.75 Å². The van der Waals surface area contributed by atoms with Gasteiger partial charge in [-0.1, -0.05) is 13.8 Å². The molecule has 0 aliphatic carbocycles. The van der Waals surface area contributed by atoms with Crippen LogP contribution in [0.5, 0.6) is 5.75 Å². The number of aldehydes is 1. The number of hydrogen-bond acceptors (Lipinski definition) is 6. The van der Waals surface area contributed by atoms with Gasteiger partial charge in [-0.05, 0) is 57.6 Å². The van der Waals surface area contributed by atoms with Gasteiger partial charge >= 0.3 is 6.09 Å². The largest absolute Gasteiger partial charge is 0.443 e. The van der Waals surface area contributed by atoms with Crippen LogP contribution in [-0.4, -0.2) is 38.6 Å². The molecule has 0 saturated heterocycles. The van der Waals surface area contributed by atoms with Crippen LogP contribution in [-0.2, 0) is 11.8 Å². The lowest BCUT2D eigenvalue weighted by molar-refractivity contribution is -0.0968. The van der Waals surface area contributed by atoms with Gasteiger partial charge in [-0.3, -0.25) is 14.6 Å². The summed E-state index contributed by atoms with van der Waals surface area (Å²) < 4.78 is 7.03. The monoisotopic (exact) mass is 453 g/mol. The van der Waals surface area contributed by atoms with Crippen LogP contribution in [0.4, 0.5) is 4.79 Å². The molecule has 0 aliphatic heterocycles. The number of benzene rings is 1. The van der Waals surface area contributed by atoms with Crippen LogP contribution in [0.25, 0.3) is 21.7 Å². The van der Waals surface area contributed by atoms with Crippen molar-refractivity contribution in [1.29, 1.82) is 0 Å². The van der Waals surface area contributed by atoms with Crippen LogP contribution >= 0.6 is 0 Å². The van der Waals surface area contributed by atoms with Gasteiger partial charge in [0.2, 0.25) is 0 Å².